The van der Waals surface area contributed by atoms with Gasteiger partial charge in [-0.15, -0.1) is 0 Å². The van der Waals surface area contributed by atoms with Gasteiger partial charge in [0.15, 0.2) is 17.6 Å². The van der Waals surface area contributed by atoms with Gasteiger partial charge < -0.3 is 19.5 Å². The molecule has 9 heteroatoms. The fraction of sp³-hybridized carbons (Fsp3) is 0.278. The van der Waals surface area contributed by atoms with Crippen molar-refractivity contribution in [1.29, 1.82) is 0 Å². The molecule has 0 aliphatic carbocycles. The number of aryl methyl sites for hydroxylation is 1. The zero-order valence-electron chi connectivity index (χ0n) is 14.7. The van der Waals surface area contributed by atoms with Crippen LogP contribution in [0.1, 0.15) is 12.5 Å². The van der Waals surface area contributed by atoms with E-state index in [1.165, 1.54) is 12.1 Å². The maximum Gasteiger partial charge on any atom is 0.296 e. The van der Waals surface area contributed by atoms with Gasteiger partial charge in [-0.25, -0.2) is 0 Å². The second-order valence-corrected chi connectivity index (χ2v) is 6.37. The van der Waals surface area contributed by atoms with Crippen LogP contribution in [0.2, 0.25) is 5.02 Å². The molecule has 27 heavy (non-hydrogen) atoms. The van der Waals surface area contributed by atoms with E-state index < -0.39 is 16.9 Å². The fourth-order valence-corrected chi connectivity index (χ4v) is 2.78. The molecule has 3 rings (SSSR count). The number of halogens is 1. The summed E-state index contributed by atoms with van der Waals surface area (Å²) in [6.45, 7) is 3.99. The highest BCUT2D eigenvalue weighted by atomic mass is 35.5. The van der Waals surface area contributed by atoms with Gasteiger partial charge in [0.2, 0.25) is 0 Å². The highest BCUT2D eigenvalue weighted by Crippen LogP contribution is 2.39. The van der Waals surface area contributed by atoms with Crippen LogP contribution in [0, 0.1) is 17.0 Å². The Morgan fingerprint density at radius 3 is 2.56 bits per heavy atom. The minimum absolute atomic E-state index is 0.0116. The Bertz CT molecular complexity index is 902. The third kappa shape index (κ3) is 4.22. The summed E-state index contributed by atoms with van der Waals surface area (Å²) in [5.74, 6) is 0.569. The highest BCUT2D eigenvalue weighted by molar-refractivity contribution is 6.30. The van der Waals surface area contributed by atoms with Crippen molar-refractivity contribution in [2.75, 3.05) is 18.5 Å². The average Bonchev–Trinajstić information content (AvgIpc) is 2.63. The molecule has 1 aliphatic heterocycles. The Labute approximate surface area is 160 Å². The lowest BCUT2D eigenvalue weighted by atomic mass is 10.2. The Hall–Kier alpha value is -3.00. The molecule has 1 N–H and O–H groups in total. The number of ether oxygens (including phenoxy) is 3. The van der Waals surface area contributed by atoms with Gasteiger partial charge in [-0.3, -0.25) is 14.9 Å². The highest BCUT2D eigenvalue weighted by Gasteiger charge is 2.25. The zero-order valence-corrected chi connectivity index (χ0v) is 15.4. The number of nitro benzene ring substituents is 1. The number of carbonyl (C=O) groups is 1. The van der Waals surface area contributed by atoms with Crippen molar-refractivity contribution in [3.63, 3.8) is 0 Å². The molecule has 1 aliphatic rings. The standard InChI is InChI=1S/C18H17ClN2O6/c1-10-7-12(19)3-4-15(10)27-11(2)18(22)20-13-8-16-17(26-6-5-25-16)9-14(13)21(23)24/h3-4,7-9,11H,5-6H2,1-2H3,(H,20,22). The number of carbonyl (C=O) groups excluding carboxylic acids is 1. The molecule has 0 aromatic heterocycles. The normalized spacial score (nSPS) is 13.6. The van der Waals surface area contributed by atoms with Crippen LogP contribution in [0.3, 0.4) is 0 Å². The van der Waals surface area contributed by atoms with Gasteiger partial charge in [0.05, 0.1) is 11.0 Å². The number of hydrogen-bond acceptors (Lipinski definition) is 6. The molecule has 2 aromatic rings. The second-order valence-electron chi connectivity index (χ2n) is 5.93. The van der Waals surface area contributed by atoms with Gasteiger partial charge in [0.1, 0.15) is 24.7 Å². The lowest BCUT2D eigenvalue weighted by Crippen LogP contribution is -2.30. The van der Waals surface area contributed by atoms with Crippen LogP contribution in [0.25, 0.3) is 0 Å². The number of amides is 1. The van der Waals surface area contributed by atoms with Crippen molar-refractivity contribution in [2.24, 2.45) is 0 Å². The Morgan fingerprint density at radius 2 is 1.93 bits per heavy atom. The maximum absolute atomic E-state index is 12.5. The number of fused-ring (bicyclic) bond motifs is 1. The predicted molar refractivity (Wildman–Crippen MR) is 99.0 cm³/mol. The van der Waals surface area contributed by atoms with Crippen LogP contribution < -0.4 is 19.5 Å². The van der Waals surface area contributed by atoms with E-state index in [-0.39, 0.29) is 17.1 Å². The number of nitrogens with zero attached hydrogens (tertiary/aromatic N) is 1. The van der Waals surface area contributed by atoms with Gasteiger partial charge in [-0.1, -0.05) is 11.6 Å². The lowest BCUT2D eigenvalue weighted by Gasteiger charge is -2.20. The third-order valence-electron chi connectivity index (χ3n) is 3.93. The molecular formula is C18H17ClN2O6. The van der Waals surface area contributed by atoms with Crippen LogP contribution >= 0.6 is 11.6 Å². The molecule has 142 valence electrons. The number of hydrogen-bond donors (Lipinski definition) is 1. The Kier molecular flexibility index (Phi) is 5.36. The maximum atomic E-state index is 12.5. The van der Waals surface area contributed by atoms with E-state index in [4.69, 9.17) is 25.8 Å². The molecule has 8 nitrogen and oxygen atoms in total. The first-order valence-electron chi connectivity index (χ1n) is 8.17. The number of anilines is 1. The van der Waals surface area contributed by atoms with Crippen LogP contribution in [0.4, 0.5) is 11.4 Å². The molecule has 0 radical (unpaired) electrons. The Morgan fingerprint density at radius 1 is 1.26 bits per heavy atom. The predicted octanol–water partition coefficient (Wildman–Crippen LogP) is 3.73. The van der Waals surface area contributed by atoms with E-state index >= 15 is 0 Å². The molecule has 0 fully saturated rings. The minimum Gasteiger partial charge on any atom is -0.486 e. The van der Waals surface area contributed by atoms with Crippen molar-refractivity contribution < 1.29 is 23.9 Å². The minimum atomic E-state index is -0.891. The number of benzene rings is 2. The molecule has 0 saturated carbocycles. The second kappa shape index (κ2) is 7.71. The van der Waals surface area contributed by atoms with Crippen molar-refractivity contribution in [3.8, 4) is 17.2 Å². The van der Waals surface area contributed by atoms with Crippen molar-refractivity contribution in [2.45, 2.75) is 20.0 Å². The van der Waals surface area contributed by atoms with Gasteiger partial charge in [-0.05, 0) is 37.6 Å². The van der Waals surface area contributed by atoms with Crippen molar-refractivity contribution in [3.05, 3.63) is 51.0 Å². The van der Waals surface area contributed by atoms with Crippen LogP contribution in [-0.2, 0) is 4.79 Å². The number of nitrogens with one attached hydrogen (secondary N) is 1. The van der Waals surface area contributed by atoms with Gasteiger partial charge in [0, 0.05) is 11.1 Å². The molecule has 0 bridgehead atoms. The molecule has 1 unspecified atom stereocenters. The quantitative estimate of drug-likeness (QED) is 0.614. The third-order valence-corrected chi connectivity index (χ3v) is 4.16. The van der Waals surface area contributed by atoms with E-state index in [9.17, 15) is 14.9 Å². The van der Waals surface area contributed by atoms with E-state index in [0.29, 0.717) is 29.7 Å². The number of rotatable bonds is 5. The van der Waals surface area contributed by atoms with Gasteiger partial charge in [0.25, 0.3) is 11.6 Å². The van der Waals surface area contributed by atoms with Crippen LogP contribution in [0.5, 0.6) is 17.2 Å². The summed E-state index contributed by atoms with van der Waals surface area (Å²) in [6.07, 6.45) is -0.891. The lowest BCUT2D eigenvalue weighted by molar-refractivity contribution is -0.384. The smallest absolute Gasteiger partial charge is 0.296 e. The molecule has 1 amide bonds. The average molecular weight is 393 g/mol. The summed E-state index contributed by atoms with van der Waals surface area (Å²) in [6, 6.07) is 7.64. The van der Waals surface area contributed by atoms with Crippen molar-refractivity contribution in [1.82, 2.24) is 0 Å². The first-order chi connectivity index (χ1) is 12.8. The van der Waals surface area contributed by atoms with Crippen LogP contribution in [-0.4, -0.2) is 30.1 Å². The first-order valence-corrected chi connectivity index (χ1v) is 8.54. The van der Waals surface area contributed by atoms with Crippen LogP contribution in [0.15, 0.2) is 30.3 Å². The number of nitro groups is 1. The van der Waals surface area contributed by atoms with E-state index in [1.54, 1.807) is 32.0 Å². The summed E-state index contributed by atoms with van der Waals surface area (Å²) in [7, 11) is 0. The summed E-state index contributed by atoms with van der Waals surface area (Å²) >= 11 is 5.91. The summed E-state index contributed by atoms with van der Waals surface area (Å²) in [4.78, 5) is 23.2. The Balaban J connectivity index is 1.79. The zero-order chi connectivity index (χ0) is 19.6. The van der Waals surface area contributed by atoms with E-state index in [0.717, 1.165) is 5.56 Å². The summed E-state index contributed by atoms with van der Waals surface area (Å²) < 4.78 is 16.4. The summed E-state index contributed by atoms with van der Waals surface area (Å²) in [5, 5.41) is 14.4. The van der Waals surface area contributed by atoms with Crippen molar-refractivity contribution >= 4 is 28.9 Å². The van der Waals surface area contributed by atoms with Gasteiger partial charge >= 0.3 is 0 Å². The molecule has 1 heterocycles. The first kappa shape index (κ1) is 18.8. The molecule has 1 atom stereocenters. The molecule has 0 saturated heterocycles. The largest absolute Gasteiger partial charge is 0.486 e. The molecule has 2 aromatic carbocycles. The van der Waals surface area contributed by atoms with Gasteiger partial charge in [-0.2, -0.15) is 0 Å². The van der Waals surface area contributed by atoms with E-state index in [2.05, 4.69) is 5.32 Å². The molecule has 0 spiro atoms. The monoisotopic (exact) mass is 392 g/mol. The SMILES string of the molecule is Cc1cc(Cl)ccc1OC(C)C(=O)Nc1cc2c(cc1[N+](=O)[O-])OCCO2. The van der Waals surface area contributed by atoms with E-state index in [1.807, 2.05) is 0 Å². The summed E-state index contributed by atoms with van der Waals surface area (Å²) in [5.41, 5.74) is 0.493. The molecular weight excluding hydrogens is 376 g/mol. The topological polar surface area (TPSA) is 99.9 Å². The fourth-order valence-electron chi connectivity index (χ4n) is 2.55.